The number of nitrogens with zero attached hydrogens (tertiary/aromatic N) is 5. The lowest BCUT2D eigenvalue weighted by Gasteiger charge is -2.26. The summed E-state index contributed by atoms with van der Waals surface area (Å²) in [5.74, 6) is 0.400. The highest BCUT2D eigenvalue weighted by Crippen LogP contribution is 2.32. The van der Waals surface area contributed by atoms with Crippen molar-refractivity contribution in [1.82, 2.24) is 24.4 Å². The highest BCUT2D eigenvalue weighted by atomic mass is 16.5. The number of para-hydroxylation sites is 1. The molecule has 1 aromatic carbocycles. The van der Waals surface area contributed by atoms with E-state index in [1.165, 1.54) is 6.20 Å². The van der Waals surface area contributed by atoms with Crippen LogP contribution in [0.25, 0.3) is 10.9 Å². The van der Waals surface area contributed by atoms with Gasteiger partial charge >= 0.3 is 0 Å². The Morgan fingerprint density at radius 1 is 1.24 bits per heavy atom. The van der Waals surface area contributed by atoms with Crippen LogP contribution in [0.3, 0.4) is 0 Å². The van der Waals surface area contributed by atoms with Gasteiger partial charge in [0.25, 0.3) is 11.5 Å². The van der Waals surface area contributed by atoms with Gasteiger partial charge in [0.2, 0.25) is 0 Å². The van der Waals surface area contributed by atoms with Crippen molar-refractivity contribution in [3.8, 4) is 0 Å². The summed E-state index contributed by atoms with van der Waals surface area (Å²) in [6, 6.07) is 7.00. The van der Waals surface area contributed by atoms with Crippen LogP contribution >= 0.6 is 0 Å². The van der Waals surface area contributed by atoms with E-state index in [1.807, 2.05) is 25.1 Å². The molecule has 0 saturated carbocycles. The second kappa shape index (κ2) is 8.08. The minimum atomic E-state index is -0.292. The van der Waals surface area contributed by atoms with Gasteiger partial charge in [0, 0.05) is 19.9 Å². The number of hydrogen-bond acceptors (Lipinski definition) is 6. The fraction of sp³-hybridized carbons (Fsp3) is 0.381. The first-order valence-corrected chi connectivity index (χ1v) is 9.68. The number of aryl methyl sites for hydroxylation is 1. The maximum absolute atomic E-state index is 13.1. The maximum Gasteiger partial charge on any atom is 0.274 e. The number of fused-ring (bicyclic) bond motifs is 1. The molecule has 0 spiro atoms. The average molecular weight is 393 g/mol. The first kappa shape index (κ1) is 19.2. The molecule has 0 N–H and O–H groups in total. The maximum atomic E-state index is 13.1. The summed E-state index contributed by atoms with van der Waals surface area (Å²) >= 11 is 0. The van der Waals surface area contributed by atoms with Gasteiger partial charge in [-0.3, -0.25) is 19.1 Å². The number of rotatable bonds is 5. The molecule has 0 radical (unpaired) electrons. The first-order valence-electron chi connectivity index (χ1n) is 9.68. The van der Waals surface area contributed by atoms with E-state index in [2.05, 4.69) is 9.97 Å². The van der Waals surface area contributed by atoms with E-state index in [1.54, 1.807) is 28.8 Å². The normalized spacial score (nSPS) is 16.5. The van der Waals surface area contributed by atoms with Gasteiger partial charge in [0.1, 0.15) is 11.5 Å². The molecule has 2 aromatic heterocycles. The quantitative estimate of drug-likeness (QED) is 0.660. The number of ether oxygens (including phenoxy) is 1. The molecular weight excluding hydrogens is 370 g/mol. The van der Waals surface area contributed by atoms with E-state index in [4.69, 9.17) is 9.72 Å². The van der Waals surface area contributed by atoms with Crippen LogP contribution in [0.2, 0.25) is 0 Å². The Bertz CT molecular complexity index is 1090. The standard InChI is InChI=1S/C21H23N5O3/c1-14-12-23-17(13-22-14)21(28)25-9-5-8-18(25)19-24-16-7-4-3-6-15(16)20(27)26(19)10-11-29-2/h3-4,6-7,12-13,18H,5,8-11H2,1-2H3. The predicted molar refractivity (Wildman–Crippen MR) is 108 cm³/mol. The van der Waals surface area contributed by atoms with Gasteiger partial charge < -0.3 is 9.64 Å². The van der Waals surface area contributed by atoms with E-state index in [-0.39, 0.29) is 17.5 Å². The van der Waals surface area contributed by atoms with Crippen LogP contribution in [0.1, 0.15) is 40.9 Å². The third-order valence-corrected chi connectivity index (χ3v) is 5.22. The molecule has 3 aromatic rings. The second-order valence-electron chi connectivity index (χ2n) is 7.14. The summed E-state index contributed by atoms with van der Waals surface area (Å²) in [4.78, 5) is 41.2. The number of methoxy groups -OCH3 is 1. The molecule has 1 amide bonds. The number of likely N-dealkylation sites (tertiary alicyclic amines) is 1. The molecule has 1 fully saturated rings. The number of amides is 1. The fourth-order valence-corrected chi connectivity index (χ4v) is 3.77. The highest BCUT2D eigenvalue weighted by molar-refractivity contribution is 5.92. The number of aromatic nitrogens is 4. The van der Waals surface area contributed by atoms with Crippen LogP contribution in [0, 0.1) is 6.92 Å². The Labute approximate surface area is 168 Å². The predicted octanol–water partition coefficient (Wildman–Crippen LogP) is 2.12. The Morgan fingerprint density at radius 3 is 2.83 bits per heavy atom. The van der Waals surface area contributed by atoms with Gasteiger partial charge in [-0.15, -0.1) is 0 Å². The fourth-order valence-electron chi connectivity index (χ4n) is 3.77. The van der Waals surface area contributed by atoms with Crippen molar-refractivity contribution in [2.75, 3.05) is 20.3 Å². The van der Waals surface area contributed by atoms with Gasteiger partial charge in [0.15, 0.2) is 0 Å². The Morgan fingerprint density at radius 2 is 2.07 bits per heavy atom. The molecule has 1 atom stereocenters. The van der Waals surface area contributed by atoms with Gasteiger partial charge in [-0.25, -0.2) is 9.97 Å². The monoisotopic (exact) mass is 393 g/mol. The molecule has 3 heterocycles. The van der Waals surface area contributed by atoms with Crippen molar-refractivity contribution in [2.24, 2.45) is 0 Å². The zero-order valence-electron chi connectivity index (χ0n) is 16.5. The number of carbonyl (C=O) groups is 1. The van der Waals surface area contributed by atoms with Gasteiger partial charge in [-0.2, -0.15) is 0 Å². The summed E-state index contributed by atoms with van der Waals surface area (Å²) in [6.45, 7) is 3.18. The van der Waals surface area contributed by atoms with Crippen LogP contribution < -0.4 is 5.56 Å². The van der Waals surface area contributed by atoms with E-state index < -0.39 is 0 Å². The Hall–Kier alpha value is -3.13. The molecule has 1 unspecified atom stereocenters. The van der Waals surface area contributed by atoms with E-state index >= 15 is 0 Å². The molecule has 8 nitrogen and oxygen atoms in total. The van der Waals surface area contributed by atoms with E-state index in [0.29, 0.717) is 42.1 Å². The zero-order chi connectivity index (χ0) is 20.4. The number of hydrogen-bond donors (Lipinski definition) is 0. The molecule has 1 aliphatic heterocycles. The zero-order valence-corrected chi connectivity index (χ0v) is 16.5. The first-order chi connectivity index (χ1) is 14.1. The molecule has 1 aliphatic rings. The second-order valence-corrected chi connectivity index (χ2v) is 7.14. The molecule has 4 rings (SSSR count). The van der Waals surface area contributed by atoms with Crippen molar-refractivity contribution in [3.63, 3.8) is 0 Å². The summed E-state index contributed by atoms with van der Waals surface area (Å²) in [5.41, 5.74) is 1.57. The highest BCUT2D eigenvalue weighted by Gasteiger charge is 2.34. The van der Waals surface area contributed by atoms with Crippen molar-refractivity contribution in [2.45, 2.75) is 32.4 Å². The van der Waals surface area contributed by atoms with Gasteiger partial charge in [-0.05, 0) is 31.9 Å². The summed E-state index contributed by atoms with van der Waals surface area (Å²) in [7, 11) is 1.60. The van der Waals surface area contributed by atoms with Crippen LogP contribution in [0.5, 0.6) is 0 Å². The minimum absolute atomic E-state index is 0.114. The molecule has 0 aliphatic carbocycles. The number of carbonyl (C=O) groups excluding carboxylic acids is 1. The van der Waals surface area contributed by atoms with Gasteiger partial charge in [0.05, 0.1) is 42.0 Å². The van der Waals surface area contributed by atoms with Crippen LogP contribution in [-0.2, 0) is 11.3 Å². The largest absolute Gasteiger partial charge is 0.383 e. The van der Waals surface area contributed by atoms with E-state index in [9.17, 15) is 9.59 Å². The lowest BCUT2D eigenvalue weighted by atomic mass is 10.1. The third kappa shape index (κ3) is 3.63. The molecule has 0 bridgehead atoms. The molecule has 1 saturated heterocycles. The number of benzene rings is 1. The molecular formula is C21H23N5O3. The molecule has 150 valence electrons. The minimum Gasteiger partial charge on any atom is -0.383 e. The Balaban J connectivity index is 1.78. The van der Waals surface area contributed by atoms with Crippen molar-refractivity contribution < 1.29 is 9.53 Å². The van der Waals surface area contributed by atoms with Gasteiger partial charge in [-0.1, -0.05) is 12.1 Å². The molecule has 8 heteroatoms. The smallest absolute Gasteiger partial charge is 0.274 e. The van der Waals surface area contributed by atoms with Crippen molar-refractivity contribution in [1.29, 1.82) is 0 Å². The Kier molecular flexibility index (Phi) is 5.35. The lowest BCUT2D eigenvalue weighted by Crippen LogP contribution is -2.36. The SMILES string of the molecule is COCCn1c(C2CCCN2C(=O)c2cnc(C)cn2)nc2ccccc2c1=O. The van der Waals surface area contributed by atoms with Crippen molar-refractivity contribution >= 4 is 16.8 Å². The average Bonchev–Trinajstić information content (AvgIpc) is 3.23. The van der Waals surface area contributed by atoms with E-state index in [0.717, 1.165) is 18.5 Å². The lowest BCUT2D eigenvalue weighted by molar-refractivity contribution is 0.0718. The molecule has 29 heavy (non-hydrogen) atoms. The summed E-state index contributed by atoms with van der Waals surface area (Å²) in [6.07, 6.45) is 4.66. The topological polar surface area (TPSA) is 90.2 Å². The van der Waals surface area contributed by atoms with Crippen LogP contribution in [0.4, 0.5) is 0 Å². The van der Waals surface area contributed by atoms with Crippen LogP contribution in [-0.4, -0.2) is 50.6 Å². The summed E-state index contributed by atoms with van der Waals surface area (Å²) < 4.78 is 6.84. The van der Waals surface area contributed by atoms with Crippen molar-refractivity contribution in [3.05, 3.63) is 64.2 Å². The summed E-state index contributed by atoms with van der Waals surface area (Å²) in [5, 5.41) is 0.563. The van der Waals surface area contributed by atoms with Crippen LogP contribution in [0.15, 0.2) is 41.5 Å². The third-order valence-electron chi connectivity index (χ3n) is 5.22.